The maximum absolute atomic E-state index is 12.3. The molecule has 0 fully saturated rings. The molecule has 0 bridgehead atoms. The SMILES string of the molecule is Cc1cc(NC(=O)C(C)(C)C)sc1C(=O)OCC(=O)Nc1c(Cl)cc(Cl)cc1Cl. The third kappa shape index (κ3) is 6.34. The standard InChI is InChI=1S/C19H19Cl3N2O4S/c1-9-5-14(24-18(27)19(2,3)4)29-16(9)17(26)28-8-13(25)23-15-11(21)6-10(20)7-12(15)22/h5-7H,8H2,1-4H3,(H,23,25)(H,24,27). The van der Waals surface area contributed by atoms with Crippen LogP contribution in [0.15, 0.2) is 18.2 Å². The van der Waals surface area contributed by atoms with Crippen molar-refractivity contribution in [2.24, 2.45) is 5.41 Å². The molecule has 2 N–H and O–H groups in total. The monoisotopic (exact) mass is 476 g/mol. The molecule has 1 aromatic heterocycles. The Morgan fingerprint density at radius 3 is 2.17 bits per heavy atom. The number of hydrogen-bond donors (Lipinski definition) is 2. The second-order valence-corrected chi connectivity index (χ2v) is 9.50. The van der Waals surface area contributed by atoms with Gasteiger partial charge in [-0.3, -0.25) is 9.59 Å². The number of carbonyl (C=O) groups excluding carboxylic acids is 3. The van der Waals surface area contributed by atoms with E-state index >= 15 is 0 Å². The van der Waals surface area contributed by atoms with E-state index in [0.717, 1.165) is 11.3 Å². The minimum Gasteiger partial charge on any atom is -0.451 e. The first-order valence-electron chi connectivity index (χ1n) is 8.42. The maximum Gasteiger partial charge on any atom is 0.349 e. The van der Waals surface area contributed by atoms with Crippen LogP contribution < -0.4 is 10.6 Å². The molecule has 1 aromatic carbocycles. The number of aryl methyl sites for hydroxylation is 1. The number of thiophene rings is 1. The zero-order valence-electron chi connectivity index (χ0n) is 16.1. The highest BCUT2D eigenvalue weighted by Gasteiger charge is 2.23. The van der Waals surface area contributed by atoms with Crippen LogP contribution in [0.25, 0.3) is 0 Å². The van der Waals surface area contributed by atoms with Crippen LogP contribution in [0, 0.1) is 12.3 Å². The van der Waals surface area contributed by atoms with E-state index in [-0.39, 0.29) is 21.6 Å². The largest absolute Gasteiger partial charge is 0.451 e. The summed E-state index contributed by atoms with van der Waals surface area (Å²) >= 11 is 18.9. The molecule has 0 radical (unpaired) electrons. The number of halogens is 3. The van der Waals surface area contributed by atoms with Crippen molar-refractivity contribution in [2.45, 2.75) is 27.7 Å². The molecule has 2 amide bonds. The molecule has 0 aliphatic carbocycles. The summed E-state index contributed by atoms with van der Waals surface area (Å²) in [5.74, 6) is -1.46. The molecule has 0 unspecified atom stereocenters. The summed E-state index contributed by atoms with van der Waals surface area (Å²) in [6, 6.07) is 4.54. The average Bonchev–Trinajstić information content (AvgIpc) is 2.95. The van der Waals surface area contributed by atoms with Gasteiger partial charge in [-0.05, 0) is 30.7 Å². The highest BCUT2D eigenvalue weighted by Crippen LogP contribution is 2.33. The lowest BCUT2D eigenvalue weighted by Crippen LogP contribution is -2.27. The van der Waals surface area contributed by atoms with E-state index in [0.29, 0.717) is 20.5 Å². The van der Waals surface area contributed by atoms with Gasteiger partial charge in [-0.25, -0.2) is 4.79 Å². The average molecular weight is 478 g/mol. The lowest BCUT2D eigenvalue weighted by atomic mass is 9.96. The van der Waals surface area contributed by atoms with Crippen LogP contribution in [0.2, 0.25) is 15.1 Å². The van der Waals surface area contributed by atoms with Gasteiger partial charge in [0.05, 0.1) is 20.7 Å². The first-order valence-corrected chi connectivity index (χ1v) is 10.4. The van der Waals surface area contributed by atoms with E-state index in [4.69, 9.17) is 39.5 Å². The summed E-state index contributed by atoms with van der Waals surface area (Å²) in [5.41, 5.74) is 0.243. The molecule has 0 spiro atoms. The number of benzene rings is 1. The fourth-order valence-electron chi connectivity index (χ4n) is 2.08. The van der Waals surface area contributed by atoms with Gasteiger partial charge in [0.15, 0.2) is 6.61 Å². The van der Waals surface area contributed by atoms with Gasteiger partial charge in [0.2, 0.25) is 5.91 Å². The predicted molar refractivity (Wildman–Crippen MR) is 118 cm³/mol. The van der Waals surface area contributed by atoms with Crippen LogP contribution in [0.5, 0.6) is 0 Å². The Hall–Kier alpha value is -1.80. The Kier molecular flexibility index (Phi) is 7.56. The molecule has 1 heterocycles. The Balaban J connectivity index is 1.99. The lowest BCUT2D eigenvalue weighted by Gasteiger charge is -2.16. The Morgan fingerprint density at radius 1 is 1.03 bits per heavy atom. The number of carbonyl (C=O) groups is 3. The van der Waals surface area contributed by atoms with Crippen molar-refractivity contribution in [1.82, 2.24) is 0 Å². The summed E-state index contributed by atoms with van der Waals surface area (Å²) in [7, 11) is 0. The Bertz CT molecular complexity index is 944. The van der Waals surface area contributed by atoms with Crippen molar-refractivity contribution in [3.63, 3.8) is 0 Å². The minimum absolute atomic E-state index is 0.163. The normalized spacial score (nSPS) is 11.1. The number of ether oxygens (including phenoxy) is 1. The number of amides is 2. The van der Waals surface area contributed by atoms with Crippen LogP contribution in [0.3, 0.4) is 0 Å². The summed E-state index contributed by atoms with van der Waals surface area (Å²) in [5, 5.41) is 6.43. The van der Waals surface area contributed by atoms with Crippen molar-refractivity contribution in [3.05, 3.63) is 43.7 Å². The van der Waals surface area contributed by atoms with Gasteiger partial charge in [0.1, 0.15) is 4.88 Å². The molecule has 0 saturated carbocycles. The summed E-state index contributed by atoms with van der Waals surface area (Å²) in [4.78, 5) is 36.8. The third-order valence-electron chi connectivity index (χ3n) is 3.63. The highest BCUT2D eigenvalue weighted by molar-refractivity contribution is 7.18. The van der Waals surface area contributed by atoms with Crippen molar-refractivity contribution >= 4 is 74.6 Å². The molecule has 0 saturated heterocycles. The van der Waals surface area contributed by atoms with Gasteiger partial charge in [-0.1, -0.05) is 55.6 Å². The van der Waals surface area contributed by atoms with Crippen molar-refractivity contribution < 1.29 is 19.1 Å². The molecule has 29 heavy (non-hydrogen) atoms. The van der Waals surface area contributed by atoms with Crippen LogP contribution in [-0.2, 0) is 14.3 Å². The fraction of sp³-hybridized carbons (Fsp3) is 0.316. The molecular formula is C19H19Cl3N2O4S. The molecule has 2 rings (SSSR count). The first kappa shape index (κ1) is 23.5. The second kappa shape index (κ2) is 9.34. The number of hydrogen-bond acceptors (Lipinski definition) is 5. The zero-order chi connectivity index (χ0) is 21.9. The number of rotatable bonds is 5. The summed E-state index contributed by atoms with van der Waals surface area (Å²) in [6.45, 7) is 6.55. The van der Waals surface area contributed by atoms with Gasteiger partial charge in [0, 0.05) is 10.4 Å². The molecule has 0 aliphatic heterocycles. The molecular weight excluding hydrogens is 459 g/mol. The van der Waals surface area contributed by atoms with Gasteiger partial charge < -0.3 is 15.4 Å². The molecule has 6 nitrogen and oxygen atoms in total. The van der Waals surface area contributed by atoms with Crippen molar-refractivity contribution in [3.8, 4) is 0 Å². The smallest absolute Gasteiger partial charge is 0.349 e. The number of nitrogens with one attached hydrogen (secondary N) is 2. The summed E-state index contributed by atoms with van der Waals surface area (Å²) < 4.78 is 5.07. The van der Waals surface area contributed by atoms with Gasteiger partial charge in [-0.15, -0.1) is 11.3 Å². The number of esters is 1. The van der Waals surface area contributed by atoms with Crippen molar-refractivity contribution in [2.75, 3.05) is 17.2 Å². The van der Waals surface area contributed by atoms with E-state index in [1.54, 1.807) is 33.8 Å². The van der Waals surface area contributed by atoms with Gasteiger partial charge in [-0.2, -0.15) is 0 Å². The highest BCUT2D eigenvalue weighted by atomic mass is 35.5. The molecule has 156 valence electrons. The zero-order valence-corrected chi connectivity index (χ0v) is 19.2. The van der Waals surface area contributed by atoms with Crippen molar-refractivity contribution in [1.29, 1.82) is 0 Å². The van der Waals surface area contributed by atoms with E-state index in [1.807, 2.05) is 0 Å². The second-order valence-electron chi connectivity index (χ2n) is 7.20. The Labute approximate surface area is 187 Å². The lowest BCUT2D eigenvalue weighted by molar-refractivity contribution is -0.123. The molecule has 0 aliphatic rings. The minimum atomic E-state index is -0.674. The van der Waals surface area contributed by atoms with Gasteiger partial charge in [0.25, 0.3) is 5.91 Å². The van der Waals surface area contributed by atoms with Crippen LogP contribution in [0.1, 0.15) is 36.0 Å². The van der Waals surface area contributed by atoms with E-state index in [2.05, 4.69) is 10.6 Å². The molecule has 0 atom stereocenters. The first-order chi connectivity index (χ1) is 13.4. The Morgan fingerprint density at radius 2 is 1.62 bits per heavy atom. The van der Waals surface area contributed by atoms with Crippen LogP contribution >= 0.6 is 46.1 Å². The predicted octanol–water partition coefficient (Wildman–Crippen LogP) is 5.80. The molecule has 10 heteroatoms. The van der Waals surface area contributed by atoms with Crippen LogP contribution in [0.4, 0.5) is 10.7 Å². The quantitative estimate of drug-likeness (QED) is 0.533. The third-order valence-corrected chi connectivity index (χ3v) is 5.57. The van der Waals surface area contributed by atoms with Gasteiger partial charge >= 0.3 is 5.97 Å². The summed E-state index contributed by atoms with van der Waals surface area (Å²) in [6.07, 6.45) is 0. The topological polar surface area (TPSA) is 84.5 Å². The maximum atomic E-state index is 12.3. The van der Waals surface area contributed by atoms with E-state index in [1.165, 1.54) is 12.1 Å². The number of anilines is 2. The van der Waals surface area contributed by atoms with E-state index < -0.39 is 23.9 Å². The van der Waals surface area contributed by atoms with E-state index in [9.17, 15) is 14.4 Å². The fourth-order valence-corrected chi connectivity index (χ4v) is 3.95. The molecule has 2 aromatic rings. The van der Waals surface area contributed by atoms with Crippen LogP contribution in [-0.4, -0.2) is 24.4 Å².